The molecule has 0 aliphatic carbocycles. The van der Waals surface area contributed by atoms with Crippen LogP contribution in [0.5, 0.6) is 0 Å². The van der Waals surface area contributed by atoms with Crippen molar-refractivity contribution in [3.05, 3.63) is 28.7 Å². The number of methoxy groups -OCH3 is 1. The van der Waals surface area contributed by atoms with E-state index in [-0.39, 0.29) is 10.8 Å². The lowest BCUT2D eigenvalue weighted by molar-refractivity contribution is -0.146. The Kier molecular flexibility index (Phi) is 7.52. The third-order valence-corrected chi connectivity index (χ3v) is 5.83. The topological polar surface area (TPSA) is 115 Å². The molecule has 9 nitrogen and oxygen atoms in total. The van der Waals surface area contributed by atoms with E-state index in [1.165, 1.54) is 27.3 Å². The van der Waals surface area contributed by atoms with Crippen LogP contribution < -0.4 is 10.9 Å². The number of hydrogen-bond acceptors (Lipinski definition) is 6. The van der Waals surface area contributed by atoms with Gasteiger partial charge in [-0.2, -0.15) is 0 Å². The van der Waals surface area contributed by atoms with E-state index in [2.05, 4.69) is 5.32 Å². The minimum Gasteiger partial charge on any atom is -0.467 e. The lowest BCUT2D eigenvalue weighted by Crippen LogP contribution is -2.47. The molecule has 2 atom stereocenters. The highest BCUT2D eigenvalue weighted by molar-refractivity contribution is 7.89. The summed E-state index contributed by atoms with van der Waals surface area (Å²) >= 11 is 0. The fourth-order valence-corrected chi connectivity index (χ4v) is 3.09. The first-order chi connectivity index (χ1) is 12.0. The summed E-state index contributed by atoms with van der Waals surface area (Å²) in [7, 11) is 0.215. The molecule has 146 valence electrons. The molecule has 1 N–H and O–H groups in total. The number of aromatic nitrogens is 1. The van der Waals surface area contributed by atoms with Gasteiger partial charge in [0.25, 0.3) is 5.56 Å². The summed E-state index contributed by atoms with van der Waals surface area (Å²) in [5.74, 6) is -1.34. The predicted octanol–water partition coefficient (Wildman–Crippen LogP) is -0.197. The van der Waals surface area contributed by atoms with Crippen LogP contribution in [0.1, 0.15) is 20.3 Å². The Labute approximate surface area is 153 Å². The highest BCUT2D eigenvalue weighted by Gasteiger charge is 2.27. The molecule has 0 saturated carbocycles. The molecule has 0 spiro atoms. The molecular weight excluding hydrogens is 362 g/mol. The Balaban J connectivity index is 3.06. The lowest BCUT2D eigenvalue weighted by Gasteiger charge is -2.22. The van der Waals surface area contributed by atoms with Crippen molar-refractivity contribution < 1.29 is 22.7 Å². The zero-order valence-electron chi connectivity index (χ0n) is 15.6. The Morgan fingerprint density at radius 1 is 1.31 bits per heavy atom. The van der Waals surface area contributed by atoms with Crippen molar-refractivity contribution in [1.29, 1.82) is 0 Å². The van der Waals surface area contributed by atoms with Gasteiger partial charge in [0.05, 0.1) is 12.0 Å². The van der Waals surface area contributed by atoms with Gasteiger partial charge in [-0.3, -0.25) is 9.59 Å². The lowest BCUT2D eigenvalue weighted by atomic mass is 9.99. The van der Waals surface area contributed by atoms with Crippen molar-refractivity contribution >= 4 is 21.9 Å². The standard InChI is InChI=1S/C16H25N3O6S/c1-6-11(2)15(16(22)25-5)17-13(20)10-19-9-12(7-8-14(19)21)26(23,24)18(3)4/h7-9,11,15H,6,10H2,1-5H3,(H,17,20)/t11-,15+/m0/s1. The van der Waals surface area contributed by atoms with Crippen LogP contribution in [0, 0.1) is 5.92 Å². The summed E-state index contributed by atoms with van der Waals surface area (Å²) in [4.78, 5) is 36.0. The predicted molar refractivity (Wildman–Crippen MR) is 95.0 cm³/mol. The molecule has 26 heavy (non-hydrogen) atoms. The maximum Gasteiger partial charge on any atom is 0.328 e. The average molecular weight is 387 g/mol. The molecular formula is C16H25N3O6S. The molecule has 1 rings (SSSR count). The second kappa shape index (κ2) is 8.95. The van der Waals surface area contributed by atoms with E-state index in [1.54, 1.807) is 6.92 Å². The molecule has 0 saturated heterocycles. The second-order valence-electron chi connectivity index (χ2n) is 6.07. The van der Waals surface area contributed by atoms with Gasteiger partial charge < -0.3 is 14.6 Å². The van der Waals surface area contributed by atoms with Crippen molar-refractivity contribution in [2.75, 3.05) is 21.2 Å². The molecule has 0 unspecified atom stereocenters. The van der Waals surface area contributed by atoms with Crippen molar-refractivity contribution in [3.63, 3.8) is 0 Å². The normalized spacial score (nSPS) is 13.9. The highest BCUT2D eigenvalue weighted by atomic mass is 32.2. The summed E-state index contributed by atoms with van der Waals surface area (Å²) in [5.41, 5.74) is -0.531. The van der Waals surface area contributed by atoms with Crippen molar-refractivity contribution in [1.82, 2.24) is 14.2 Å². The number of ether oxygens (including phenoxy) is 1. The molecule has 0 aliphatic heterocycles. The number of hydrogen-bond donors (Lipinski definition) is 1. The number of esters is 1. The van der Waals surface area contributed by atoms with Crippen molar-refractivity contribution in [2.24, 2.45) is 5.92 Å². The molecule has 0 fully saturated rings. The van der Waals surface area contributed by atoms with Gasteiger partial charge in [-0.1, -0.05) is 20.3 Å². The summed E-state index contributed by atoms with van der Waals surface area (Å²) < 4.78 is 31.0. The fourth-order valence-electron chi connectivity index (χ4n) is 2.17. The molecule has 1 aromatic rings. The number of rotatable bonds is 8. The van der Waals surface area contributed by atoms with Crippen LogP contribution in [-0.2, 0) is 30.9 Å². The number of sulfonamides is 1. The van der Waals surface area contributed by atoms with E-state index >= 15 is 0 Å². The minimum absolute atomic E-state index is 0.110. The molecule has 1 heterocycles. The zero-order chi connectivity index (χ0) is 20.1. The molecule has 0 aromatic carbocycles. The van der Waals surface area contributed by atoms with Gasteiger partial charge in [-0.15, -0.1) is 0 Å². The van der Waals surface area contributed by atoms with E-state index < -0.39 is 40.0 Å². The Hall–Kier alpha value is -2.20. The first kappa shape index (κ1) is 21.8. The maximum absolute atomic E-state index is 12.3. The Morgan fingerprint density at radius 2 is 1.92 bits per heavy atom. The fraction of sp³-hybridized carbons (Fsp3) is 0.562. The molecule has 10 heteroatoms. The monoisotopic (exact) mass is 387 g/mol. The number of carbonyl (C=O) groups is 2. The highest BCUT2D eigenvalue weighted by Crippen LogP contribution is 2.11. The number of nitrogens with zero attached hydrogens (tertiary/aromatic N) is 2. The summed E-state index contributed by atoms with van der Waals surface area (Å²) in [6, 6.07) is 1.42. The van der Waals surface area contributed by atoms with Gasteiger partial charge in [0.1, 0.15) is 12.6 Å². The first-order valence-electron chi connectivity index (χ1n) is 8.04. The Bertz CT molecular complexity index is 816. The number of pyridine rings is 1. The minimum atomic E-state index is -3.74. The summed E-state index contributed by atoms with van der Waals surface area (Å²) in [5, 5.41) is 2.54. The van der Waals surface area contributed by atoms with Crippen LogP contribution >= 0.6 is 0 Å². The summed E-state index contributed by atoms with van der Waals surface area (Å²) in [6.07, 6.45) is 1.74. The van der Waals surface area contributed by atoms with Crippen LogP contribution in [-0.4, -0.2) is 56.4 Å². The first-order valence-corrected chi connectivity index (χ1v) is 9.48. The number of carbonyl (C=O) groups excluding carboxylic acids is 2. The Morgan fingerprint density at radius 3 is 2.42 bits per heavy atom. The number of nitrogens with one attached hydrogen (secondary N) is 1. The average Bonchev–Trinajstić information content (AvgIpc) is 2.59. The zero-order valence-corrected chi connectivity index (χ0v) is 16.4. The molecule has 0 bridgehead atoms. The largest absolute Gasteiger partial charge is 0.467 e. The van der Waals surface area contributed by atoms with Crippen LogP contribution in [0.4, 0.5) is 0 Å². The van der Waals surface area contributed by atoms with Crippen LogP contribution in [0.15, 0.2) is 28.0 Å². The molecule has 0 radical (unpaired) electrons. The van der Waals surface area contributed by atoms with Gasteiger partial charge in [0, 0.05) is 26.4 Å². The van der Waals surface area contributed by atoms with E-state index in [9.17, 15) is 22.8 Å². The molecule has 1 aromatic heterocycles. The number of amides is 1. The second-order valence-corrected chi connectivity index (χ2v) is 8.22. The maximum atomic E-state index is 12.3. The van der Waals surface area contributed by atoms with Crippen LogP contribution in [0.2, 0.25) is 0 Å². The van der Waals surface area contributed by atoms with Gasteiger partial charge in [0.15, 0.2) is 0 Å². The van der Waals surface area contributed by atoms with Gasteiger partial charge in [-0.05, 0) is 12.0 Å². The van der Waals surface area contributed by atoms with E-state index in [4.69, 9.17) is 4.74 Å². The van der Waals surface area contributed by atoms with Crippen molar-refractivity contribution in [2.45, 2.75) is 37.8 Å². The van der Waals surface area contributed by atoms with Crippen LogP contribution in [0.3, 0.4) is 0 Å². The SMILES string of the molecule is CC[C@H](C)[C@@H](NC(=O)Cn1cc(S(=O)(=O)N(C)C)ccc1=O)C(=O)OC. The smallest absolute Gasteiger partial charge is 0.328 e. The third-order valence-electron chi connectivity index (χ3n) is 4.03. The van der Waals surface area contributed by atoms with Gasteiger partial charge in [-0.25, -0.2) is 17.5 Å². The van der Waals surface area contributed by atoms with Gasteiger partial charge in [0.2, 0.25) is 15.9 Å². The summed E-state index contributed by atoms with van der Waals surface area (Å²) in [6.45, 7) is 3.24. The molecule has 1 amide bonds. The third kappa shape index (κ3) is 5.15. The van der Waals surface area contributed by atoms with Crippen molar-refractivity contribution in [3.8, 4) is 0 Å². The van der Waals surface area contributed by atoms with Gasteiger partial charge >= 0.3 is 5.97 Å². The van der Waals surface area contributed by atoms with E-state index in [1.807, 2.05) is 6.92 Å². The van der Waals surface area contributed by atoms with E-state index in [0.29, 0.717) is 6.42 Å². The van der Waals surface area contributed by atoms with E-state index in [0.717, 1.165) is 21.1 Å². The molecule has 0 aliphatic rings. The quantitative estimate of drug-likeness (QED) is 0.618. The van der Waals surface area contributed by atoms with Crippen LogP contribution in [0.25, 0.3) is 0 Å².